The summed E-state index contributed by atoms with van der Waals surface area (Å²) >= 11 is 0. The van der Waals surface area contributed by atoms with Gasteiger partial charge in [0.15, 0.2) is 0 Å². The molecule has 1 fully saturated rings. The molecule has 2 rings (SSSR count). The Kier molecular flexibility index (Phi) is 3.15. The molecule has 6 heteroatoms. The lowest BCUT2D eigenvalue weighted by molar-refractivity contribution is 0.622. The summed E-state index contributed by atoms with van der Waals surface area (Å²) in [4.78, 5) is 8.07. The molecule has 0 atom stereocenters. The summed E-state index contributed by atoms with van der Waals surface area (Å²) in [5.74, 6) is 2.72. The summed E-state index contributed by atoms with van der Waals surface area (Å²) < 4.78 is 11.1. The summed E-state index contributed by atoms with van der Waals surface area (Å²) in [5, 5.41) is 3.26. The van der Waals surface area contributed by atoms with Crippen LogP contribution in [0.2, 0.25) is 0 Å². The summed E-state index contributed by atoms with van der Waals surface area (Å²) in [6.07, 6.45) is 5.02. The van der Waals surface area contributed by atoms with E-state index >= 15 is 0 Å². The van der Waals surface area contributed by atoms with Crippen molar-refractivity contribution in [3.05, 3.63) is 12.4 Å². The molecule has 1 aliphatic rings. The van der Waals surface area contributed by atoms with Gasteiger partial charge in [-0.2, -0.15) is 0 Å². The highest BCUT2D eigenvalue weighted by atomic mass is 32.2. The van der Waals surface area contributed by atoms with Crippen molar-refractivity contribution < 1.29 is 4.21 Å². The molecule has 1 aromatic rings. The first-order chi connectivity index (χ1) is 7.24. The Labute approximate surface area is 91.0 Å². The predicted octanol–water partition coefficient (Wildman–Crippen LogP) is 0.382. The number of nitrogens with zero attached hydrogens (tertiary/aromatic N) is 2. The molecule has 82 valence electrons. The van der Waals surface area contributed by atoms with Gasteiger partial charge in [0.1, 0.15) is 11.6 Å². The Morgan fingerprint density at radius 3 is 2.67 bits per heavy atom. The molecule has 3 N–H and O–H groups in total. The maximum absolute atomic E-state index is 11.1. The van der Waals surface area contributed by atoms with E-state index in [1.807, 2.05) is 0 Å². The fourth-order valence-electron chi connectivity index (χ4n) is 1.56. The van der Waals surface area contributed by atoms with Gasteiger partial charge in [0.2, 0.25) is 0 Å². The first kappa shape index (κ1) is 10.4. The van der Waals surface area contributed by atoms with E-state index in [-0.39, 0.29) is 0 Å². The van der Waals surface area contributed by atoms with Gasteiger partial charge in [-0.25, -0.2) is 9.97 Å². The van der Waals surface area contributed by atoms with E-state index in [1.165, 1.54) is 6.20 Å². The van der Waals surface area contributed by atoms with Gasteiger partial charge in [0.05, 0.1) is 12.4 Å². The van der Waals surface area contributed by atoms with E-state index in [0.29, 0.717) is 11.9 Å². The number of hydrogen-bond acceptors (Lipinski definition) is 5. The van der Waals surface area contributed by atoms with Crippen LogP contribution in [-0.4, -0.2) is 31.7 Å². The molecule has 2 heterocycles. The van der Waals surface area contributed by atoms with Crippen LogP contribution in [0.15, 0.2) is 12.4 Å². The fraction of sp³-hybridized carbons (Fsp3) is 0.556. The van der Waals surface area contributed by atoms with Gasteiger partial charge in [0, 0.05) is 28.3 Å². The molecule has 15 heavy (non-hydrogen) atoms. The van der Waals surface area contributed by atoms with Gasteiger partial charge >= 0.3 is 0 Å². The molecule has 5 nitrogen and oxygen atoms in total. The molecule has 0 saturated carbocycles. The standard InChI is InChI=1S/C9H14N4OS/c10-8-5-12-9(6-11-8)13-7-1-3-15(14)4-2-7/h5-7H,1-4H2,(H2,10,11)(H,12,13). The van der Waals surface area contributed by atoms with Gasteiger partial charge in [-0.1, -0.05) is 0 Å². The van der Waals surface area contributed by atoms with E-state index in [9.17, 15) is 4.21 Å². The van der Waals surface area contributed by atoms with E-state index in [4.69, 9.17) is 5.73 Å². The monoisotopic (exact) mass is 226 g/mol. The molecule has 0 unspecified atom stereocenters. The molecule has 0 amide bonds. The molecule has 0 radical (unpaired) electrons. The maximum atomic E-state index is 11.1. The van der Waals surface area contributed by atoms with Crippen LogP contribution in [0, 0.1) is 0 Å². The first-order valence-electron chi connectivity index (χ1n) is 4.93. The highest BCUT2D eigenvalue weighted by Crippen LogP contribution is 2.14. The van der Waals surface area contributed by atoms with E-state index < -0.39 is 10.8 Å². The number of aromatic nitrogens is 2. The van der Waals surface area contributed by atoms with Crippen molar-refractivity contribution in [2.75, 3.05) is 22.6 Å². The Bertz CT molecular complexity index is 344. The van der Waals surface area contributed by atoms with Crippen LogP contribution in [0.25, 0.3) is 0 Å². The molecule has 0 spiro atoms. The lowest BCUT2D eigenvalue weighted by atomic mass is 10.1. The molecular weight excluding hydrogens is 212 g/mol. The second-order valence-electron chi connectivity index (χ2n) is 3.59. The van der Waals surface area contributed by atoms with Gasteiger partial charge in [0.25, 0.3) is 0 Å². The minimum atomic E-state index is -0.619. The molecule has 1 aliphatic heterocycles. The van der Waals surface area contributed by atoms with Crippen molar-refractivity contribution in [3.8, 4) is 0 Å². The van der Waals surface area contributed by atoms with Crippen molar-refractivity contribution in [3.63, 3.8) is 0 Å². The second kappa shape index (κ2) is 4.57. The number of hydrogen-bond donors (Lipinski definition) is 2. The Morgan fingerprint density at radius 1 is 1.33 bits per heavy atom. The number of anilines is 2. The largest absolute Gasteiger partial charge is 0.382 e. The molecule has 1 saturated heterocycles. The third-order valence-electron chi connectivity index (χ3n) is 2.41. The average Bonchev–Trinajstić information content (AvgIpc) is 2.25. The summed E-state index contributed by atoms with van der Waals surface area (Å²) in [7, 11) is -0.619. The van der Waals surface area contributed by atoms with Crippen LogP contribution in [0.3, 0.4) is 0 Å². The Hall–Kier alpha value is -1.17. The number of nitrogens with one attached hydrogen (secondary N) is 1. The molecule has 1 aromatic heterocycles. The zero-order valence-corrected chi connectivity index (χ0v) is 9.17. The van der Waals surface area contributed by atoms with Crippen LogP contribution in [0.1, 0.15) is 12.8 Å². The SMILES string of the molecule is Nc1cnc(NC2CCS(=O)CC2)cn1. The van der Waals surface area contributed by atoms with Gasteiger partial charge in [-0.05, 0) is 12.8 Å². The van der Waals surface area contributed by atoms with Crippen LogP contribution < -0.4 is 11.1 Å². The normalized spacial score (nSPS) is 26.1. The van der Waals surface area contributed by atoms with Gasteiger partial charge in [-0.15, -0.1) is 0 Å². The van der Waals surface area contributed by atoms with Gasteiger partial charge < -0.3 is 11.1 Å². The Morgan fingerprint density at radius 2 is 2.07 bits per heavy atom. The predicted molar refractivity (Wildman–Crippen MR) is 61.0 cm³/mol. The zero-order valence-electron chi connectivity index (χ0n) is 8.35. The number of nitrogen functional groups attached to an aromatic ring is 1. The molecule has 0 aromatic carbocycles. The quantitative estimate of drug-likeness (QED) is 0.762. The third-order valence-corrected chi connectivity index (χ3v) is 3.79. The minimum absolute atomic E-state index is 0.362. The van der Waals surface area contributed by atoms with Crippen LogP contribution in [0.4, 0.5) is 11.6 Å². The summed E-state index contributed by atoms with van der Waals surface area (Å²) in [5.41, 5.74) is 5.44. The lowest BCUT2D eigenvalue weighted by Gasteiger charge is -2.22. The van der Waals surface area contributed by atoms with Crippen molar-refractivity contribution in [1.29, 1.82) is 0 Å². The number of rotatable bonds is 2. The van der Waals surface area contributed by atoms with E-state index in [1.54, 1.807) is 6.20 Å². The van der Waals surface area contributed by atoms with Crippen molar-refractivity contribution in [2.24, 2.45) is 0 Å². The molecule has 0 aliphatic carbocycles. The number of nitrogens with two attached hydrogens (primary N) is 1. The molecular formula is C9H14N4OS. The van der Waals surface area contributed by atoms with Crippen molar-refractivity contribution >= 4 is 22.4 Å². The first-order valence-corrected chi connectivity index (χ1v) is 6.42. The van der Waals surface area contributed by atoms with Crippen molar-refractivity contribution in [1.82, 2.24) is 9.97 Å². The smallest absolute Gasteiger partial charge is 0.144 e. The van der Waals surface area contributed by atoms with E-state index in [2.05, 4.69) is 15.3 Å². The lowest BCUT2D eigenvalue weighted by Crippen LogP contribution is -2.29. The topological polar surface area (TPSA) is 80.9 Å². The fourth-order valence-corrected chi connectivity index (χ4v) is 2.86. The van der Waals surface area contributed by atoms with Crippen LogP contribution >= 0.6 is 0 Å². The summed E-state index contributed by atoms with van der Waals surface area (Å²) in [6.45, 7) is 0. The Balaban J connectivity index is 1.91. The van der Waals surface area contributed by atoms with Crippen LogP contribution in [0.5, 0.6) is 0 Å². The van der Waals surface area contributed by atoms with Crippen molar-refractivity contribution in [2.45, 2.75) is 18.9 Å². The average molecular weight is 226 g/mol. The third kappa shape index (κ3) is 2.89. The molecule has 0 bridgehead atoms. The maximum Gasteiger partial charge on any atom is 0.144 e. The highest BCUT2D eigenvalue weighted by molar-refractivity contribution is 7.85. The van der Waals surface area contributed by atoms with Crippen LogP contribution in [-0.2, 0) is 10.8 Å². The highest BCUT2D eigenvalue weighted by Gasteiger charge is 2.17. The van der Waals surface area contributed by atoms with Gasteiger partial charge in [-0.3, -0.25) is 4.21 Å². The summed E-state index contributed by atoms with van der Waals surface area (Å²) in [6, 6.07) is 0.362. The van der Waals surface area contributed by atoms with E-state index in [0.717, 1.165) is 30.2 Å². The zero-order chi connectivity index (χ0) is 10.7. The second-order valence-corrected chi connectivity index (χ2v) is 5.29. The minimum Gasteiger partial charge on any atom is -0.382 e.